The van der Waals surface area contributed by atoms with E-state index in [0.29, 0.717) is 23.9 Å². The van der Waals surface area contributed by atoms with Gasteiger partial charge in [0.1, 0.15) is 12.4 Å². The summed E-state index contributed by atoms with van der Waals surface area (Å²) in [6.45, 7) is 0.893. The number of nitrogens with two attached hydrogens (primary N) is 2. The van der Waals surface area contributed by atoms with Crippen LogP contribution in [0.1, 0.15) is 11.1 Å². The normalized spacial score (nSPS) is 10.5. The lowest BCUT2D eigenvalue weighted by Crippen LogP contribution is -2.19. The first kappa shape index (κ1) is 19.7. The molecule has 0 radical (unpaired) electrons. The van der Waals surface area contributed by atoms with Crippen molar-refractivity contribution in [3.05, 3.63) is 82.9 Å². The van der Waals surface area contributed by atoms with Crippen molar-refractivity contribution in [3.63, 3.8) is 0 Å². The van der Waals surface area contributed by atoms with Gasteiger partial charge in [-0.25, -0.2) is 4.79 Å². The maximum atomic E-state index is 10.9. The highest BCUT2D eigenvalue weighted by Crippen LogP contribution is 2.33. The number of halogens is 1. The van der Waals surface area contributed by atoms with Gasteiger partial charge in [0.2, 0.25) is 0 Å². The Bertz CT molecular complexity index is 958. The predicted molar refractivity (Wildman–Crippen MR) is 114 cm³/mol. The number of ether oxygens (including phenoxy) is 1. The van der Waals surface area contributed by atoms with Crippen LogP contribution in [0.3, 0.4) is 0 Å². The van der Waals surface area contributed by atoms with E-state index < -0.39 is 6.03 Å². The smallest absolute Gasteiger partial charge is 0.316 e. The summed E-state index contributed by atoms with van der Waals surface area (Å²) in [7, 11) is 0. The van der Waals surface area contributed by atoms with Crippen LogP contribution in [0.15, 0.2) is 66.7 Å². The number of carbonyl (C=O) groups is 1. The van der Waals surface area contributed by atoms with Gasteiger partial charge in [-0.2, -0.15) is 0 Å². The Kier molecular flexibility index (Phi) is 6.53. The number of urea groups is 1. The first-order valence-corrected chi connectivity index (χ1v) is 9.30. The monoisotopic (exact) mass is 395 g/mol. The van der Waals surface area contributed by atoms with Crippen LogP contribution < -0.4 is 21.5 Å². The molecule has 0 aliphatic carbocycles. The zero-order valence-electron chi connectivity index (χ0n) is 15.3. The molecular weight excluding hydrogens is 374 g/mol. The summed E-state index contributed by atoms with van der Waals surface area (Å²) in [5.74, 6) is 0.775. The summed E-state index contributed by atoms with van der Waals surface area (Å²) >= 11 is 6.17. The molecule has 0 spiro atoms. The van der Waals surface area contributed by atoms with Crippen LogP contribution in [-0.4, -0.2) is 19.2 Å². The number of nitrogens with one attached hydrogen (secondary N) is 1. The number of amides is 2. The third-order valence-electron chi connectivity index (χ3n) is 4.18. The number of rotatable bonds is 7. The highest BCUT2D eigenvalue weighted by atomic mass is 35.5. The minimum atomic E-state index is -0.577. The van der Waals surface area contributed by atoms with Crippen LogP contribution in [-0.2, 0) is 6.42 Å². The summed E-state index contributed by atoms with van der Waals surface area (Å²) in [6, 6.07) is 20.8. The van der Waals surface area contributed by atoms with Gasteiger partial charge in [0.25, 0.3) is 0 Å². The molecule has 3 rings (SSSR count). The Morgan fingerprint density at radius 2 is 1.75 bits per heavy atom. The minimum absolute atomic E-state index is 0.446. The molecule has 0 atom stereocenters. The Hall–Kier alpha value is -3.02. The van der Waals surface area contributed by atoms with Crippen molar-refractivity contribution in [1.29, 1.82) is 0 Å². The second kappa shape index (κ2) is 9.26. The summed E-state index contributed by atoms with van der Waals surface area (Å²) in [5.41, 5.74) is 15.6. The van der Waals surface area contributed by atoms with E-state index in [1.54, 1.807) is 0 Å². The molecule has 0 fully saturated rings. The number of anilines is 1. The fraction of sp³-hybridized carbons (Fsp3) is 0.136. The second-order valence-electron chi connectivity index (χ2n) is 6.34. The second-order valence-corrected chi connectivity index (χ2v) is 6.78. The van der Waals surface area contributed by atoms with Gasteiger partial charge in [0.15, 0.2) is 0 Å². The molecule has 0 unspecified atom stereocenters. The van der Waals surface area contributed by atoms with Crippen molar-refractivity contribution in [2.75, 3.05) is 18.5 Å². The van der Waals surface area contributed by atoms with Crippen LogP contribution in [0, 0.1) is 0 Å². The molecule has 144 valence electrons. The number of primary amides is 1. The van der Waals surface area contributed by atoms with E-state index in [-0.39, 0.29) is 0 Å². The van der Waals surface area contributed by atoms with E-state index in [0.717, 1.165) is 34.4 Å². The Balaban J connectivity index is 1.87. The predicted octanol–water partition coefficient (Wildman–Crippen LogP) is 4.43. The van der Waals surface area contributed by atoms with Crippen LogP contribution >= 0.6 is 11.6 Å². The molecule has 5 N–H and O–H groups in total. The average Bonchev–Trinajstić information content (AvgIpc) is 2.68. The quantitative estimate of drug-likeness (QED) is 0.552. The molecule has 0 saturated carbocycles. The van der Waals surface area contributed by atoms with Crippen molar-refractivity contribution in [2.24, 2.45) is 11.5 Å². The molecule has 28 heavy (non-hydrogen) atoms. The molecule has 2 amide bonds. The lowest BCUT2D eigenvalue weighted by atomic mass is 9.98. The van der Waals surface area contributed by atoms with E-state index >= 15 is 0 Å². The van der Waals surface area contributed by atoms with Gasteiger partial charge in [0.05, 0.1) is 0 Å². The SMILES string of the molecule is NCCOc1ccc(Cc2ccc(NC(N)=O)cc2)cc1-c1cccc(Cl)c1. The van der Waals surface area contributed by atoms with Crippen LogP contribution in [0.4, 0.5) is 10.5 Å². The van der Waals surface area contributed by atoms with Crippen LogP contribution in [0.5, 0.6) is 5.75 Å². The summed E-state index contributed by atoms with van der Waals surface area (Å²) < 4.78 is 5.82. The number of carbonyl (C=O) groups excluding carboxylic acids is 1. The lowest BCUT2D eigenvalue weighted by molar-refractivity contribution is 0.259. The highest BCUT2D eigenvalue weighted by Gasteiger charge is 2.09. The molecule has 0 aromatic heterocycles. The van der Waals surface area contributed by atoms with Crippen molar-refractivity contribution in [3.8, 4) is 16.9 Å². The third kappa shape index (κ3) is 5.25. The van der Waals surface area contributed by atoms with Crippen molar-refractivity contribution < 1.29 is 9.53 Å². The van der Waals surface area contributed by atoms with E-state index in [2.05, 4.69) is 11.4 Å². The lowest BCUT2D eigenvalue weighted by Gasteiger charge is -2.14. The highest BCUT2D eigenvalue weighted by molar-refractivity contribution is 6.30. The molecule has 0 aliphatic rings. The largest absolute Gasteiger partial charge is 0.492 e. The minimum Gasteiger partial charge on any atom is -0.492 e. The standard InChI is InChI=1S/C22H22ClN3O2/c23-18-3-1-2-17(14-18)20-13-16(6-9-21(20)28-11-10-24)12-15-4-7-19(8-5-15)26-22(25)27/h1-9,13-14H,10-12,24H2,(H3,25,26,27). The fourth-order valence-corrected chi connectivity index (χ4v) is 3.14. The van der Waals surface area contributed by atoms with Gasteiger partial charge in [-0.15, -0.1) is 0 Å². The van der Waals surface area contributed by atoms with Gasteiger partial charge >= 0.3 is 6.03 Å². The molecular formula is C22H22ClN3O2. The Morgan fingerprint density at radius 3 is 2.43 bits per heavy atom. The van der Waals surface area contributed by atoms with Gasteiger partial charge in [-0.1, -0.05) is 41.9 Å². The van der Waals surface area contributed by atoms with E-state index in [1.165, 1.54) is 0 Å². The Morgan fingerprint density at radius 1 is 1.00 bits per heavy atom. The van der Waals surface area contributed by atoms with E-state index in [9.17, 15) is 4.79 Å². The summed E-state index contributed by atoms with van der Waals surface area (Å²) in [4.78, 5) is 10.9. The van der Waals surface area contributed by atoms with Gasteiger partial charge < -0.3 is 21.5 Å². The molecule has 0 saturated heterocycles. The zero-order valence-corrected chi connectivity index (χ0v) is 16.1. The number of hydrogen-bond acceptors (Lipinski definition) is 3. The van der Waals surface area contributed by atoms with Crippen molar-refractivity contribution in [2.45, 2.75) is 6.42 Å². The van der Waals surface area contributed by atoms with E-state index in [1.807, 2.05) is 60.7 Å². The zero-order chi connectivity index (χ0) is 19.9. The molecule has 6 heteroatoms. The number of hydrogen-bond donors (Lipinski definition) is 3. The van der Waals surface area contributed by atoms with E-state index in [4.69, 9.17) is 27.8 Å². The maximum Gasteiger partial charge on any atom is 0.316 e. The average molecular weight is 396 g/mol. The molecule has 0 heterocycles. The fourth-order valence-electron chi connectivity index (χ4n) is 2.95. The van der Waals surface area contributed by atoms with Crippen LogP contribution in [0.25, 0.3) is 11.1 Å². The molecule has 3 aromatic carbocycles. The summed E-state index contributed by atoms with van der Waals surface area (Å²) in [5, 5.41) is 3.23. The first-order valence-electron chi connectivity index (χ1n) is 8.92. The van der Waals surface area contributed by atoms with Gasteiger partial charge in [-0.3, -0.25) is 0 Å². The first-order chi connectivity index (χ1) is 13.5. The van der Waals surface area contributed by atoms with Gasteiger partial charge in [-0.05, 0) is 59.5 Å². The van der Waals surface area contributed by atoms with Crippen molar-refractivity contribution in [1.82, 2.24) is 0 Å². The summed E-state index contributed by atoms with van der Waals surface area (Å²) in [6.07, 6.45) is 0.738. The molecule has 3 aromatic rings. The molecule has 5 nitrogen and oxygen atoms in total. The maximum absolute atomic E-state index is 10.9. The molecule has 0 aliphatic heterocycles. The molecule has 0 bridgehead atoms. The number of benzene rings is 3. The van der Waals surface area contributed by atoms with Gasteiger partial charge in [0, 0.05) is 22.8 Å². The Labute approximate surface area is 169 Å². The topological polar surface area (TPSA) is 90.4 Å². The van der Waals surface area contributed by atoms with Crippen LogP contribution in [0.2, 0.25) is 5.02 Å². The van der Waals surface area contributed by atoms with Crippen molar-refractivity contribution >= 4 is 23.3 Å². The third-order valence-corrected chi connectivity index (χ3v) is 4.42.